The van der Waals surface area contributed by atoms with Crippen molar-refractivity contribution < 1.29 is 18.7 Å². The monoisotopic (exact) mass is 460 g/mol. The van der Waals surface area contributed by atoms with Gasteiger partial charge in [-0.1, -0.05) is 23.8 Å². The van der Waals surface area contributed by atoms with Gasteiger partial charge in [0, 0.05) is 34.8 Å². The predicted molar refractivity (Wildman–Crippen MR) is 132 cm³/mol. The van der Waals surface area contributed by atoms with Gasteiger partial charge in [0.1, 0.15) is 17.1 Å². The molecule has 0 saturated carbocycles. The van der Waals surface area contributed by atoms with Crippen LogP contribution in [0.15, 0.2) is 54.7 Å². The van der Waals surface area contributed by atoms with E-state index in [1.807, 2.05) is 68.7 Å². The van der Waals surface area contributed by atoms with Gasteiger partial charge in [-0.25, -0.2) is 14.2 Å². The van der Waals surface area contributed by atoms with Crippen molar-refractivity contribution in [1.82, 2.24) is 9.55 Å². The van der Waals surface area contributed by atoms with Crippen LogP contribution in [0.2, 0.25) is 0 Å². The predicted octanol–water partition coefficient (Wildman–Crippen LogP) is 6.47. The minimum absolute atomic E-state index is 0.280. The van der Waals surface area contributed by atoms with Gasteiger partial charge in [0.05, 0.1) is 7.11 Å². The van der Waals surface area contributed by atoms with Crippen LogP contribution in [0.5, 0.6) is 5.88 Å². The molecule has 0 atom stereocenters. The molecule has 4 aromatic rings. The van der Waals surface area contributed by atoms with Crippen LogP contribution in [0.25, 0.3) is 22.0 Å². The largest absolute Gasteiger partial charge is 0.481 e. The lowest BCUT2D eigenvalue weighted by molar-refractivity contribution is 0.00597. The first-order valence-electron chi connectivity index (χ1n) is 11.2. The first kappa shape index (κ1) is 23.5. The zero-order chi connectivity index (χ0) is 24.6. The van der Waals surface area contributed by atoms with E-state index in [1.165, 1.54) is 6.07 Å². The van der Waals surface area contributed by atoms with Crippen molar-refractivity contribution in [3.05, 3.63) is 82.9 Å². The Balaban J connectivity index is 2.08. The molecule has 0 unspecified atom stereocenters. The number of benzene rings is 2. The van der Waals surface area contributed by atoms with Gasteiger partial charge in [-0.15, -0.1) is 0 Å². The number of methoxy groups -OCH3 is 1. The van der Waals surface area contributed by atoms with Crippen molar-refractivity contribution >= 4 is 16.9 Å². The molecule has 2 heterocycles. The molecule has 0 aliphatic heterocycles. The molecule has 0 radical (unpaired) electrons. The molecule has 0 N–H and O–H groups in total. The standard InChI is InChI=1S/C28H29FN2O3/c1-17-12-13-23-21(15-17)24(20-10-8-14-30-26(20)33-6)25(27(32)34-28(3,4)5)31(23)16-19-9-7-11-22(29)18(19)2/h7-15H,16H2,1-6H3. The Kier molecular flexibility index (Phi) is 6.17. The number of rotatable bonds is 5. The number of pyridine rings is 1. The highest BCUT2D eigenvalue weighted by molar-refractivity contribution is 6.09. The fourth-order valence-electron chi connectivity index (χ4n) is 4.18. The van der Waals surface area contributed by atoms with E-state index in [1.54, 1.807) is 26.3 Å². The van der Waals surface area contributed by atoms with Gasteiger partial charge in [0.25, 0.3) is 0 Å². The second-order valence-electron chi connectivity index (χ2n) is 9.42. The van der Waals surface area contributed by atoms with Crippen LogP contribution < -0.4 is 4.74 Å². The third-order valence-corrected chi connectivity index (χ3v) is 5.75. The van der Waals surface area contributed by atoms with Crippen molar-refractivity contribution in [2.45, 2.75) is 46.8 Å². The van der Waals surface area contributed by atoms with E-state index in [-0.39, 0.29) is 5.82 Å². The molecule has 2 aromatic heterocycles. The SMILES string of the molecule is COc1ncccc1-c1c(C(=O)OC(C)(C)C)n(Cc2cccc(F)c2C)c2ccc(C)cc12. The maximum absolute atomic E-state index is 14.4. The van der Waals surface area contributed by atoms with Crippen molar-refractivity contribution in [1.29, 1.82) is 0 Å². The summed E-state index contributed by atoms with van der Waals surface area (Å²) in [6, 6.07) is 14.7. The number of aromatic nitrogens is 2. The van der Waals surface area contributed by atoms with Gasteiger partial charge >= 0.3 is 5.97 Å². The summed E-state index contributed by atoms with van der Waals surface area (Å²) in [4.78, 5) is 18.1. The van der Waals surface area contributed by atoms with Gasteiger partial charge < -0.3 is 14.0 Å². The molecule has 176 valence electrons. The summed E-state index contributed by atoms with van der Waals surface area (Å²) >= 11 is 0. The lowest BCUT2D eigenvalue weighted by atomic mass is 10.0. The molecular weight excluding hydrogens is 431 g/mol. The Morgan fingerprint density at radius 3 is 2.56 bits per heavy atom. The number of carbonyl (C=O) groups excluding carboxylic acids is 1. The maximum Gasteiger partial charge on any atom is 0.356 e. The minimum Gasteiger partial charge on any atom is -0.481 e. The first-order chi connectivity index (χ1) is 16.1. The van der Waals surface area contributed by atoms with Crippen molar-refractivity contribution in [2.24, 2.45) is 0 Å². The van der Waals surface area contributed by atoms with Crippen LogP contribution in [0.1, 0.15) is 48.0 Å². The quantitative estimate of drug-likeness (QED) is 0.320. The van der Waals surface area contributed by atoms with E-state index in [4.69, 9.17) is 9.47 Å². The summed E-state index contributed by atoms with van der Waals surface area (Å²) in [5.74, 6) is -0.330. The minimum atomic E-state index is -0.695. The Morgan fingerprint density at radius 2 is 1.85 bits per heavy atom. The van der Waals surface area contributed by atoms with Crippen molar-refractivity contribution in [3.8, 4) is 17.0 Å². The normalized spacial score (nSPS) is 11.6. The van der Waals surface area contributed by atoms with Crippen LogP contribution in [-0.2, 0) is 11.3 Å². The topological polar surface area (TPSA) is 53.4 Å². The second-order valence-corrected chi connectivity index (χ2v) is 9.42. The summed E-state index contributed by atoms with van der Waals surface area (Å²) in [5.41, 5.74) is 4.29. The van der Waals surface area contributed by atoms with Crippen molar-refractivity contribution in [3.63, 3.8) is 0 Å². The molecule has 2 aromatic carbocycles. The third kappa shape index (κ3) is 4.40. The lowest BCUT2D eigenvalue weighted by Crippen LogP contribution is -2.26. The first-order valence-corrected chi connectivity index (χ1v) is 11.2. The Hall–Kier alpha value is -3.67. The number of ether oxygens (including phenoxy) is 2. The zero-order valence-corrected chi connectivity index (χ0v) is 20.4. The molecule has 5 nitrogen and oxygen atoms in total. The number of hydrogen-bond acceptors (Lipinski definition) is 4. The van der Waals surface area contributed by atoms with E-state index in [0.29, 0.717) is 34.8 Å². The third-order valence-electron chi connectivity index (χ3n) is 5.75. The summed E-state index contributed by atoms with van der Waals surface area (Å²) < 4.78 is 27.7. The van der Waals surface area contributed by atoms with E-state index in [9.17, 15) is 9.18 Å². The maximum atomic E-state index is 14.4. The van der Waals surface area contributed by atoms with Gasteiger partial charge in [-0.2, -0.15) is 0 Å². The fraction of sp³-hybridized carbons (Fsp3) is 0.286. The van der Waals surface area contributed by atoms with E-state index >= 15 is 0 Å². The summed E-state index contributed by atoms with van der Waals surface area (Å²) in [7, 11) is 1.56. The Labute approximate surface area is 199 Å². The second kappa shape index (κ2) is 8.93. The zero-order valence-electron chi connectivity index (χ0n) is 20.4. The van der Waals surface area contributed by atoms with Crippen LogP contribution in [0.4, 0.5) is 4.39 Å². The number of esters is 1. The molecular formula is C28H29FN2O3. The molecule has 6 heteroatoms. The Morgan fingerprint density at radius 1 is 1.09 bits per heavy atom. The smallest absolute Gasteiger partial charge is 0.356 e. The number of fused-ring (bicyclic) bond motifs is 1. The molecule has 0 spiro atoms. The molecule has 0 bridgehead atoms. The highest BCUT2D eigenvalue weighted by Crippen LogP contribution is 2.40. The summed E-state index contributed by atoms with van der Waals surface area (Å²) in [5, 5.41) is 0.876. The van der Waals surface area contributed by atoms with Gasteiger partial charge in [-0.05, 0) is 76.1 Å². The lowest BCUT2D eigenvalue weighted by Gasteiger charge is -2.21. The summed E-state index contributed by atoms with van der Waals surface area (Å²) in [6.45, 7) is 9.57. The number of aryl methyl sites for hydroxylation is 1. The average Bonchev–Trinajstić information content (AvgIpc) is 3.08. The van der Waals surface area contributed by atoms with Gasteiger partial charge in [-0.3, -0.25) is 0 Å². The fourth-order valence-corrected chi connectivity index (χ4v) is 4.18. The van der Waals surface area contributed by atoms with E-state index < -0.39 is 11.6 Å². The highest BCUT2D eigenvalue weighted by Gasteiger charge is 2.30. The highest BCUT2D eigenvalue weighted by atomic mass is 19.1. The van der Waals surface area contributed by atoms with Gasteiger partial charge in [0.15, 0.2) is 0 Å². The van der Waals surface area contributed by atoms with E-state index in [0.717, 1.165) is 22.0 Å². The molecule has 0 saturated heterocycles. The van der Waals surface area contributed by atoms with E-state index in [2.05, 4.69) is 4.98 Å². The van der Waals surface area contributed by atoms with Crippen LogP contribution in [0, 0.1) is 19.7 Å². The van der Waals surface area contributed by atoms with Crippen molar-refractivity contribution in [2.75, 3.05) is 7.11 Å². The van der Waals surface area contributed by atoms with Gasteiger partial charge in [0.2, 0.25) is 5.88 Å². The summed E-state index contributed by atoms with van der Waals surface area (Å²) in [6.07, 6.45) is 1.65. The number of nitrogens with zero attached hydrogens (tertiary/aromatic N) is 2. The number of hydrogen-bond donors (Lipinski definition) is 0. The van der Waals surface area contributed by atoms with Crippen LogP contribution >= 0.6 is 0 Å². The molecule has 0 aliphatic carbocycles. The number of halogens is 1. The number of carbonyl (C=O) groups is 1. The molecule has 0 amide bonds. The molecule has 0 aliphatic rings. The molecule has 34 heavy (non-hydrogen) atoms. The molecule has 0 fully saturated rings. The Bertz CT molecular complexity index is 1380. The van der Waals surface area contributed by atoms with Crippen LogP contribution in [0.3, 0.4) is 0 Å². The van der Waals surface area contributed by atoms with Crippen LogP contribution in [-0.4, -0.2) is 28.2 Å². The average molecular weight is 461 g/mol. The molecule has 4 rings (SSSR count).